The van der Waals surface area contributed by atoms with Crippen LogP contribution in [0.15, 0.2) is 41.3 Å². The van der Waals surface area contributed by atoms with E-state index in [9.17, 15) is 4.79 Å². The van der Waals surface area contributed by atoms with Gasteiger partial charge in [-0.15, -0.1) is 0 Å². The molecular formula is C11H7N3O. The van der Waals surface area contributed by atoms with Crippen molar-refractivity contribution in [2.24, 2.45) is 0 Å². The molecule has 3 rings (SSSR count). The summed E-state index contributed by atoms with van der Waals surface area (Å²) in [4.78, 5) is 14.0. The van der Waals surface area contributed by atoms with Crippen LogP contribution in [0.1, 0.15) is 0 Å². The number of hydrogen-bond acceptors (Lipinski definition) is 3. The van der Waals surface area contributed by atoms with Gasteiger partial charge >= 0.3 is 0 Å². The topological polar surface area (TPSA) is 58.6 Å². The molecule has 4 heteroatoms. The summed E-state index contributed by atoms with van der Waals surface area (Å²) in [6.07, 6.45) is 1.62. The number of hydrogen-bond donors (Lipinski definition) is 1. The summed E-state index contributed by atoms with van der Waals surface area (Å²) >= 11 is 0. The van der Waals surface area contributed by atoms with Gasteiger partial charge in [0, 0.05) is 23.0 Å². The highest BCUT2D eigenvalue weighted by Gasteiger charge is 2.02. The third-order valence-electron chi connectivity index (χ3n) is 2.37. The second-order valence-electron chi connectivity index (χ2n) is 3.32. The van der Waals surface area contributed by atoms with Crippen molar-refractivity contribution in [3.63, 3.8) is 0 Å². The van der Waals surface area contributed by atoms with Crippen molar-refractivity contribution in [3.8, 4) is 0 Å². The molecule has 3 aromatic rings. The first-order valence-electron chi connectivity index (χ1n) is 4.58. The molecule has 0 fully saturated rings. The van der Waals surface area contributed by atoms with Gasteiger partial charge in [-0.05, 0) is 18.2 Å². The third-order valence-corrected chi connectivity index (χ3v) is 2.37. The Hall–Kier alpha value is -2.23. The quantitative estimate of drug-likeness (QED) is 0.593. The molecule has 15 heavy (non-hydrogen) atoms. The molecule has 0 aliphatic rings. The van der Waals surface area contributed by atoms with Crippen molar-refractivity contribution >= 4 is 21.8 Å². The van der Waals surface area contributed by atoms with Crippen LogP contribution in [0.2, 0.25) is 0 Å². The average Bonchev–Trinajstić information content (AvgIpc) is 2.48. The van der Waals surface area contributed by atoms with Crippen LogP contribution in [0, 0.1) is 0 Å². The van der Waals surface area contributed by atoms with E-state index in [1.54, 1.807) is 18.3 Å². The van der Waals surface area contributed by atoms with Gasteiger partial charge in [0.15, 0.2) is 0 Å². The molecule has 0 amide bonds. The molecule has 72 valence electrons. The Balaban J connectivity index is 2.65. The Morgan fingerprint density at radius 1 is 1.20 bits per heavy atom. The van der Waals surface area contributed by atoms with Crippen molar-refractivity contribution in [3.05, 3.63) is 46.9 Å². The Labute approximate surface area is 84.6 Å². The summed E-state index contributed by atoms with van der Waals surface area (Å²) < 4.78 is 0. The number of nitrogens with one attached hydrogen (secondary N) is 1. The predicted octanol–water partition coefficient (Wildman–Crippen LogP) is 1.47. The second-order valence-corrected chi connectivity index (χ2v) is 3.32. The van der Waals surface area contributed by atoms with Crippen LogP contribution in [0.4, 0.5) is 0 Å². The number of fused-ring (bicyclic) bond motifs is 3. The number of H-pyrrole nitrogens is 1. The zero-order valence-electron chi connectivity index (χ0n) is 7.77. The van der Waals surface area contributed by atoms with Gasteiger partial charge in [-0.3, -0.25) is 4.79 Å². The van der Waals surface area contributed by atoms with Crippen LogP contribution in [-0.2, 0) is 0 Å². The van der Waals surface area contributed by atoms with E-state index in [0.29, 0.717) is 0 Å². The molecule has 0 saturated heterocycles. The molecule has 0 bridgehead atoms. The van der Waals surface area contributed by atoms with Crippen molar-refractivity contribution < 1.29 is 0 Å². The Morgan fingerprint density at radius 2 is 2.13 bits per heavy atom. The fourth-order valence-electron chi connectivity index (χ4n) is 1.71. The largest absolute Gasteiger partial charge is 0.321 e. The maximum absolute atomic E-state index is 11.2. The SMILES string of the molecule is O=c1cc2ccc3nncccc3c2[nH]1. The molecule has 0 spiro atoms. The minimum atomic E-state index is -0.0861. The fraction of sp³-hybridized carbons (Fsp3) is 0. The van der Waals surface area contributed by atoms with Crippen LogP contribution < -0.4 is 5.56 Å². The minimum absolute atomic E-state index is 0.0861. The molecule has 0 radical (unpaired) electrons. The first-order chi connectivity index (χ1) is 7.34. The molecule has 1 aromatic carbocycles. The summed E-state index contributed by atoms with van der Waals surface area (Å²) in [5.74, 6) is 0. The average molecular weight is 197 g/mol. The van der Waals surface area contributed by atoms with Crippen molar-refractivity contribution in [1.29, 1.82) is 0 Å². The van der Waals surface area contributed by atoms with Crippen LogP contribution >= 0.6 is 0 Å². The Bertz CT molecular complexity index is 703. The van der Waals surface area contributed by atoms with E-state index in [-0.39, 0.29) is 5.56 Å². The number of nitrogens with zero attached hydrogens (tertiary/aromatic N) is 2. The molecule has 1 N–H and O–H groups in total. The predicted molar refractivity (Wildman–Crippen MR) is 57.7 cm³/mol. The number of aromatic nitrogens is 3. The monoisotopic (exact) mass is 197 g/mol. The highest BCUT2D eigenvalue weighted by Crippen LogP contribution is 2.19. The van der Waals surface area contributed by atoms with E-state index in [0.717, 1.165) is 21.8 Å². The fourth-order valence-corrected chi connectivity index (χ4v) is 1.71. The lowest BCUT2D eigenvalue weighted by molar-refractivity contribution is 1.09. The van der Waals surface area contributed by atoms with Gasteiger partial charge < -0.3 is 4.98 Å². The van der Waals surface area contributed by atoms with Crippen molar-refractivity contribution in [2.75, 3.05) is 0 Å². The Kier molecular flexibility index (Phi) is 1.56. The molecule has 0 aliphatic heterocycles. The highest BCUT2D eigenvalue weighted by atomic mass is 16.1. The zero-order chi connectivity index (χ0) is 10.3. The van der Waals surface area contributed by atoms with Gasteiger partial charge in [-0.25, -0.2) is 0 Å². The van der Waals surface area contributed by atoms with Crippen molar-refractivity contribution in [1.82, 2.24) is 15.2 Å². The second kappa shape index (κ2) is 2.88. The summed E-state index contributed by atoms with van der Waals surface area (Å²) in [6.45, 7) is 0. The molecule has 0 saturated carbocycles. The van der Waals surface area contributed by atoms with E-state index in [4.69, 9.17) is 0 Å². The third kappa shape index (κ3) is 1.19. The lowest BCUT2D eigenvalue weighted by Crippen LogP contribution is -1.93. The molecule has 0 unspecified atom stereocenters. The number of rotatable bonds is 0. The summed E-state index contributed by atoms with van der Waals surface area (Å²) in [7, 11) is 0. The van der Waals surface area contributed by atoms with Gasteiger partial charge in [0.05, 0.1) is 11.0 Å². The number of aromatic amines is 1. The number of benzene rings is 1. The van der Waals surface area contributed by atoms with Gasteiger partial charge in [0.2, 0.25) is 5.56 Å². The molecule has 0 aliphatic carbocycles. The molecule has 0 atom stereocenters. The van der Waals surface area contributed by atoms with Crippen LogP contribution in [0.5, 0.6) is 0 Å². The van der Waals surface area contributed by atoms with Gasteiger partial charge in [-0.1, -0.05) is 6.07 Å². The van der Waals surface area contributed by atoms with E-state index >= 15 is 0 Å². The normalized spacial score (nSPS) is 10.9. The molecule has 4 nitrogen and oxygen atoms in total. The first kappa shape index (κ1) is 8.11. The maximum atomic E-state index is 11.2. The maximum Gasteiger partial charge on any atom is 0.249 e. The summed E-state index contributed by atoms with van der Waals surface area (Å²) in [5.41, 5.74) is 1.51. The smallest absolute Gasteiger partial charge is 0.249 e. The molecule has 2 heterocycles. The van der Waals surface area contributed by atoms with Gasteiger partial charge in [0.25, 0.3) is 0 Å². The summed E-state index contributed by atoms with van der Waals surface area (Å²) in [6, 6.07) is 9.01. The minimum Gasteiger partial charge on any atom is -0.321 e. The lowest BCUT2D eigenvalue weighted by atomic mass is 10.2. The zero-order valence-corrected chi connectivity index (χ0v) is 7.77. The lowest BCUT2D eigenvalue weighted by Gasteiger charge is -1.92. The first-order valence-corrected chi connectivity index (χ1v) is 4.58. The van der Waals surface area contributed by atoms with Crippen LogP contribution in [-0.4, -0.2) is 15.2 Å². The summed E-state index contributed by atoms with van der Waals surface area (Å²) in [5, 5.41) is 9.69. The van der Waals surface area contributed by atoms with E-state index in [1.165, 1.54) is 0 Å². The standard InChI is InChI=1S/C11H7N3O/c15-10-6-7-3-4-9-8(11(7)13-10)2-1-5-12-14-9/h1-6H,(H,13,15). The highest BCUT2D eigenvalue weighted by molar-refractivity contribution is 6.03. The van der Waals surface area contributed by atoms with Gasteiger partial charge in [-0.2, -0.15) is 10.2 Å². The molecule has 2 aromatic heterocycles. The van der Waals surface area contributed by atoms with Crippen LogP contribution in [0.25, 0.3) is 21.8 Å². The van der Waals surface area contributed by atoms with Gasteiger partial charge in [0.1, 0.15) is 0 Å². The van der Waals surface area contributed by atoms with Crippen molar-refractivity contribution in [2.45, 2.75) is 0 Å². The van der Waals surface area contributed by atoms with Crippen LogP contribution in [0.3, 0.4) is 0 Å². The van der Waals surface area contributed by atoms with E-state index in [2.05, 4.69) is 15.2 Å². The van der Waals surface area contributed by atoms with E-state index in [1.807, 2.05) is 18.2 Å². The molecular weight excluding hydrogens is 190 g/mol. The van der Waals surface area contributed by atoms with E-state index < -0.39 is 0 Å². The Morgan fingerprint density at radius 3 is 3.07 bits per heavy atom.